The van der Waals surface area contributed by atoms with E-state index in [0.29, 0.717) is 5.92 Å². The summed E-state index contributed by atoms with van der Waals surface area (Å²) >= 11 is 1.82. The molecule has 0 fully saturated rings. The van der Waals surface area contributed by atoms with Crippen LogP contribution in [0.1, 0.15) is 19.5 Å². The van der Waals surface area contributed by atoms with E-state index in [1.54, 1.807) is 7.11 Å². The maximum atomic E-state index is 5.42. The topological polar surface area (TPSA) is 58.5 Å². The van der Waals surface area contributed by atoms with E-state index < -0.39 is 0 Å². The van der Waals surface area contributed by atoms with Gasteiger partial charge in [0.15, 0.2) is 5.96 Å². The van der Waals surface area contributed by atoms with Gasteiger partial charge in [0, 0.05) is 48.6 Å². The molecule has 1 heterocycles. The van der Waals surface area contributed by atoms with E-state index in [-0.39, 0.29) is 24.0 Å². The van der Waals surface area contributed by atoms with Gasteiger partial charge < -0.3 is 15.4 Å². The number of ether oxygens (including phenoxy) is 1. The molecule has 1 aromatic heterocycles. The first-order valence-corrected chi connectivity index (χ1v) is 10.4. The van der Waals surface area contributed by atoms with Gasteiger partial charge in [-0.1, -0.05) is 25.1 Å². The molecular weight excluding hydrogens is 483 g/mol. The molecule has 0 aliphatic rings. The summed E-state index contributed by atoms with van der Waals surface area (Å²) in [6, 6.07) is 14.1. The second-order valence-corrected chi connectivity index (χ2v) is 7.35. The number of para-hydroxylation sites is 1. The Morgan fingerprint density at radius 1 is 1.18 bits per heavy atom. The van der Waals surface area contributed by atoms with Crippen LogP contribution in [0.25, 0.3) is 0 Å². The third-order valence-corrected chi connectivity index (χ3v) is 5.28. The quantitative estimate of drug-likeness (QED) is 0.215. The van der Waals surface area contributed by atoms with E-state index in [1.807, 2.05) is 54.4 Å². The molecular formula is C21H31IN4OS. The van der Waals surface area contributed by atoms with E-state index in [4.69, 9.17) is 9.73 Å². The maximum absolute atomic E-state index is 5.42. The Kier molecular flexibility index (Phi) is 12.7. The minimum atomic E-state index is 0. The van der Waals surface area contributed by atoms with Crippen molar-refractivity contribution in [1.29, 1.82) is 0 Å². The number of aliphatic imine (C=N–C) groups is 1. The van der Waals surface area contributed by atoms with Gasteiger partial charge in [-0.3, -0.25) is 9.98 Å². The molecule has 1 aromatic carbocycles. The largest absolute Gasteiger partial charge is 0.496 e. The van der Waals surface area contributed by atoms with Crippen LogP contribution < -0.4 is 15.4 Å². The van der Waals surface area contributed by atoms with Crippen molar-refractivity contribution in [2.75, 3.05) is 32.5 Å². The molecule has 28 heavy (non-hydrogen) atoms. The zero-order valence-electron chi connectivity index (χ0n) is 16.9. The number of pyridine rings is 1. The number of guanidine groups is 1. The average Bonchev–Trinajstić information content (AvgIpc) is 2.71. The van der Waals surface area contributed by atoms with Gasteiger partial charge >= 0.3 is 0 Å². The van der Waals surface area contributed by atoms with Crippen LogP contribution in [0.2, 0.25) is 0 Å². The molecule has 1 atom stereocenters. The van der Waals surface area contributed by atoms with Crippen molar-refractivity contribution in [3.63, 3.8) is 0 Å². The molecule has 0 aliphatic heterocycles. The number of benzene rings is 1. The molecule has 0 aliphatic carbocycles. The van der Waals surface area contributed by atoms with Crippen LogP contribution in [0.3, 0.4) is 0 Å². The fourth-order valence-electron chi connectivity index (χ4n) is 2.47. The molecule has 7 heteroatoms. The molecule has 1 unspecified atom stereocenters. The van der Waals surface area contributed by atoms with Gasteiger partial charge in [-0.2, -0.15) is 0 Å². The van der Waals surface area contributed by atoms with Crippen molar-refractivity contribution in [2.24, 2.45) is 10.9 Å². The lowest BCUT2D eigenvalue weighted by molar-refractivity contribution is 0.405. The van der Waals surface area contributed by atoms with Crippen LogP contribution in [0.15, 0.2) is 58.5 Å². The Labute approximate surface area is 190 Å². The summed E-state index contributed by atoms with van der Waals surface area (Å²) < 4.78 is 5.42. The first kappa shape index (κ1) is 24.6. The average molecular weight is 514 g/mol. The van der Waals surface area contributed by atoms with Crippen LogP contribution in [0, 0.1) is 5.92 Å². The predicted molar refractivity (Wildman–Crippen MR) is 130 cm³/mol. The van der Waals surface area contributed by atoms with Gasteiger partial charge in [-0.15, -0.1) is 35.7 Å². The van der Waals surface area contributed by atoms with E-state index >= 15 is 0 Å². The maximum Gasteiger partial charge on any atom is 0.191 e. The highest BCUT2D eigenvalue weighted by Gasteiger charge is 2.07. The summed E-state index contributed by atoms with van der Waals surface area (Å²) in [7, 11) is 1.71. The molecule has 0 bridgehead atoms. The highest BCUT2D eigenvalue weighted by Crippen LogP contribution is 2.29. The normalized spacial score (nSPS) is 12.0. The Morgan fingerprint density at radius 3 is 2.68 bits per heavy atom. The van der Waals surface area contributed by atoms with Crippen LogP contribution in [-0.2, 0) is 6.42 Å². The van der Waals surface area contributed by atoms with Gasteiger partial charge in [-0.25, -0.2) is 0 Å². The lowest BCUT2D eigenvalue weighted by Crippen LogP contribution is -2.38. The van der Waals surface area contributed by atoms with Crippen molar-refractivity contribution in [3.05, 3.63) is 54.4 Å². The smallest absolute Gasteiger partial charge is 0.191 e. The third kappa shape index (κ3) is 9.14. The molecule has 2 aromatic rings. The van der Waals surface area contributed by atoms with Gasteiger partial charge in [0.1, 0.15) is 5.75 Å². The zero-order valence-corrected chi connectivity index (χ0v) is 20.0. The number of methoxy groups -OCH3 is 1. The fourth-order valence-corrected chi connectivity index (χ4v) is 3.50. The number of nitrogens with one attached hydrogen (secondary N) is 2. The van der Waals surface area contributed by atoms with Gasteiger partial charge in [0.25, 0.3) is 0 Å². The van der Waals surface area contributed by atoms with E-state index in [0.717, 1.165) is 49.2 Å². The Hall–Kier alpha value is -1.48. The van der Waals surface area contributed by atoms with Crippen LogP contribution in [0.5, 0.6) is 5.75 Å². The minimum absolute atomic E-state index is 0. The number of hydrogen-bond donors (Lipinski definition) is 2. The summed E-state index contributed by atoms with van der Waals surface area (Å²) in [5, 5.41) is 6.70. The number of halogens is 1. The van der Waals surface area contributed by atoms with Crippen molar-refractivity contribution in [2.45, 2.75) is 25.2 Å². The number of nitrogens with zero attached hydrogens (tertiary/aromatic N) is 2. The molecule has 5 nitrogen and oxygen atoms in total. The number of rotatable bonds is 10. The number of aromatic nitrogens is 1. The molecule has 0 spiro atoms. The SMILES string of the molecule is CCNC(=NCC(C)CSc1ccccc1OC)NCCc1ccccn1.I. The Bertz CT molecular complexity index is 700. The minimum Gasteiger partial charge on any atom is -0.496 e. The lowest BCUT2D eigenvalue weighted by Gasteiger charge is -2.14. The third-order valence-electron chi connectivity index (χ3n) is 3.90. The standard InChI is InChI=1S/C21H30N4OS.HI/c1-4-22-21(24-14-12-18-9-7-8-13-23-18)25-15-17(2)16-27-20-11-6-5-10-19(20)26-3;/h5-11,13,17H,4,12,14-16H2,1-3H3,(H2,22,24,25);1H. The zero-order chi connectivity index (χ0) is 19.3. The number of thioether (sulfide) groups is 1. The molecule has 2 N–H and O–H groups in total. The summed E-state index contributed by atoms with van der Waals surface area (Å²) in [6.07, 6.45) is 2.71. The number of hydrogen-bond acceptors (Lipinski definition) is 4. The molecule has 0 radical (unpaired) electrons. The van der Waals surface area contributed by atoms with E-state index in [1.165, 1.54) is 4.90 Å². The monoisotopic (exact) mass is 514 g/mol. The summed E-state index contributed by atoms with van der Waals surface area (Å²) in [6.45, 7) is 6.74. The molecule has 0 saturated carbocycles. The molecule has 0 amide bonds. The fraction of sp³-hybridized carbons (Fsp3) is 0.429. The van der Waals surface area contributed by atoms with E-state index in [9.17, 15) is 0 Å². The molecule has 0 saturated heterocycles. The summed E-state index contributed by atoms with van der Waals surface area (Å²) in [5.41, 5.74) is 1.09. The summed E-state index contributed by atoms with van der Waals surface area (Å²) in [5.74, 6) is 3.26. The highest BCUT2D eigenvalue weighted by molar-refractivity contribution is 14.0. The Balaban J connectivity index is 0.00000392. The first-order chi connectivity index (χ1) is 13.2. The Morgan fingerprint density at radius 2 is 1.96 bits per heavy atom. The molecule has 154 valence electrons. The van der Waals surface area contributed by atoms with Gasteiger partial charge in [-0.05, 0) is 37.1 Å². The van der Waals surface area contributed by atoms with Crippen molar-refractivity contribution in [1.82, 2.24) is 15.6 Å². The van der Waals surface area contributed by atoms with Crippen molar-refractivity contribution in [3.8, 4) is 5.75 Å². The predicted octanol–water partition coefficient (Wildman–Crippen LogP) is 4.23. The van der Waals surface area contributed by atoms with Gasteiger partial charge in [0.2, 0.25) is 0 Å². The van der Waals surface area contributed by atoms with Gasteiger partial charge in [0.05, 0.1) is 7.11 Å². The van der Waals surface area contributed by atoms with Crippen LogP contribution in [-0.4, -0.2) is 43.4 Å². The highest BCUT2D eigenvalue weighted by atomic mass is 127. The van der Waals surface area contributed by atoms with Crippen LogP contribution in [0.4, 0.5) is 0 Å². The van der Waals surface area contributed by atoms with Crippen LogP contribution >= 0.6 is 35.7 Å². The van der Waals surface area contributed by atoms with Crippen molar-refractivity contribution >= 4 is 41.7 Å². The summed E-state index contributed by atoms with van der Waals surface area (Å²) in [4.78, 5) is 10.3. The van der Waals surface area contributed by atoms with E-state index in [2.05, 4.69) is 35.5 Å². The molecule has 2 rings (SSSR count). The first-order valence-electron chi connectivity index (χ1n) is 9.40. The lowest BCUT2D eigenvalue weighted by atomic mass is 10.2. The second kappa shape index (κ2) is 14.5. The second-order valence-electron chi connectivity index (χ2n) is 6.28. The van der Waals surface area contributed by atoms with Crippen molar-refractivity contribution < 1.29 is 4.74 Å².